The number of nitrogens with two attached hydrogens (primary N) is 1. The van der Waals surface area contributed by atoms with Crippen LogP contribution in [0, 0.1) is 13.8 Å². The van der Waals surface area contributed by atoms with Gasteiger partial charge in [0, 0.05) is 38.4 Å². The Morgan fingerprint density at radius 3 is 2.39 bits per heavy atom. The second-order valence-electron chi connectivity index (χ2n) is 5.05. The smallest absolute Gasteiger partial charge is 0.103 e. The van der Waals surface area contributed by atoms with Crippen LogP contribution in [0.15, 0.2) is 0 Å². The first-order valence-electron chi connectivity index (χ1n) is 6.85. The molecule has 1 aliphatic rings. The molecule has 2 heterocycles. The van der Waals surface area contributed by atoms with E-state index in [1.54, 1.807) is 0 Å². The zero-order chi connectivity index (χ0) is 13.1. The summed E-state index contributed by atoms with van der Waals surface area (Å²) in [6.45, 7) is 12.5. The largest absolute Gasteiger partial charge is 0.346 e. The van der Waals surface area contributed by atoms with Gasteiger partial charge in [0.05, 0.1) is 11.7 Å². The molecular weight excluding hydrogens is 226 g/mol. The van der Waals surface area contributed by atoms with Crippen LogP contribution in [0.4, 0.5) is 0 Å². The van der Waals surface area contributed by atoms with Crippen LogP contribution >= 0.6 is 0 Å². The first-order valence-corrected chi connectivity index (χ1v) is 6.85. The van der Waals surface area contributed by atoms with Crippen molar-refractivity contribution in [2.24, 2.45) is 5.73 Å². The van der Waals surface area contributed by atoms with Gasteiger partial charge in [0.2, 0.25) is 0 Å². The minimum Gasteiger partial charge on any atom is -0.346 e. The first-order chi connectivity index (χ1) is 8.65. The average molecular weight is 251 g/mol. The van der Waals surface area contributed by atoms with Crippen molar-refractivity contribution in [3.05, 3.63) is 17.2 Å². The van der Waals surface area contributed by atoms with Crippen LogP contribution in [-0.4, -0.2) is 59.0 Å². The Morgan fingerprint density at radius 2 is 1.94 bits per heavy atom. The van der Waals surface area contributed by atoms with E-state index in [0.717, 1.165) is 49.9 Å². The van der Waals surface area contributed by atoms with Gasteiger partial charge in [0.25, 0.3) is 0 Å². The van der Waals surface area contributed by atoms with Gasteiger partial charge in [-0.1, -0.05) is 6.92 Å². The number of nitrogens with one attached hydrogen (secondary N) is 1. The van der Waals surface area contributed by atoms with E-state index in [9.17, 15) is 0 Å². The molecule has 0 radical (unpaired) electrons. The molecule has 3 N–H and O–H groups in total. The van der Waals surface area contributed by atoms with Crippen LogP contribution in [0.2, 0.25) is 0 Å². The van der Waals surface area contributed by atoms with E-state index in [-0.39, 0.29) is 6.04 Å². The number of rotatable bonds is 4. The number of imidazole rings is 1. The van der Waals surface area contributed by atoms with Gasteiger partial charge in [0.1, 0.15) is 5.82 Å². The van der Waals surface area contributed by atoms with Crippen molar-refractivity contribution in [2.45, 2.75) is 26.8 Å². The van der Waals surface area contributed by atoms with Gasteiger partial charge >= 0.3 is 0 Å². The number of likely N-dealkylation sites (N-methyl/N-ethyl adjacent to an activating group) is 1. The van der Waals surface area contributed by atoms with Crippen molar-refractivity contribution in [3.8, 4) is 0 Å². The molecule has 102 valence electrons. The normalized spacial score (nSPS) is 20.2. The first kappa shape index (κ1) is 13.5. The number of aryl methyl sites for hydroxylation is 2. The van der Waals surface area contributed by atoms with E-state index >= 15 is 0 Å². The zero-order valence-corrected chi connectivity index (χ0v) is 11.7. The number of piperazine rings is 1. The molecular formula is C13H25N5. The SMILES string of the molecule is CCN1CCN(C(CN)c2nc(C)[nH]c2C)CC1. The molecule has 0 spiro atoms. The molecule has 2 rings (SSSR count). The molecule has 0 bridgehead atoms. The van der Waals surface area contributed by atoms with Crippen molar-refractivity contribution in [2.75, 3.05) is 39.3 Å². The monoisotopic (exact) mass is 251 g/mol. The van der Waals surface area contributed by atoms with E-state index in [0.29, 0.717) is 6.54 Å². The third-order valence-corrected chi connectivity index (χ3v) is 3.87. The number of hydrogen-bond donors (Lipinski definition) is 2. The van der Waals surface area contributed by atoms with Crippen LogP contribution in [0.1, 0.15) is 30.2 Å². The Bertz CT molecular complexity index is 379. The van der Waals surface area contributed by atoms with Gasteiger partial charge in [-0.05, 0) is 20.4 Å². The molecule has 1 aliphatic heterocycles. The topological polar surface area (TPSA) is 61.2 Å². The fourth-order valence-corrected chi connectivity index (χ4v) is 2.78. The highest BCUT2D eigenvalue weighted by atomic mass is 15.3. The van der Waals surface area contributed by atoms with Gasteiger partial charge < -0.3 is 15.6 Å². The number of H-pyrrole nitrogens is 1. The van der Waals surface area contributed by atoms with Gasteiger partial charge in [-0.3, -0.25) is 4.90 Å². The third-order valence-electron chi connectivity index (χ3n) is 3.87. The summed E-state index contributed by atoms with van der Waals surface area (Å²) < 4.78 is 0. The van der Waals surface area contributed by atoms with Crippen molar-refractivity contribution >= 4 is 0 Å². The lowest BCUT2D eigenvalue weighted by molar-refractivity contribution is 0.100. The molecule has 1 aromatic rings. The fraction of sp³-hybridized carbons (Fsp3) is 0.769. The third kappa shape index (κ3) is 2.74. The summed E-state index contributed by atoms with van der Waals surface area (Å²) >= 11 is 0. The molecule has 0 amide bonds. The molecule has 18 heavy (non-hydrogen) atoms. The van der Waals surface area contributed by atoms with Crippen LogP contribution in [0.25, 0.3) is 0 Å². The minimum atomic E-state index is 0.258. The van der Waals surface area contributed by atoms with Crippen molar-refractivity contribution in [3.63, 3.8) is 0 Å². The Labute approximate surface area is 109 Å². The maximum Gasteiger partial charge on any atom is 0.103 e. The average Bonchev–Trinajstić information content (AvgIpc) is 2.70. The number of aromatic amines is 1. The number of aromatic nitrogens is 2. The lowest BCUT2D eigenvalue weighted by atomic mass is 10.1. The van der Waals surface area contributed by atoms with Gasteiger partial charge in [0.15, 0.2) is 0 Å². The Kier molecular flexibility index (Phi) is 4.37. The molecule has 0 aromatic carbocycles. The molecule has 0 aliphatic carbocycles. The molecule has 1 fully saturated rings. The zero-order valence-electron chi connectivity index (χ0n) is 11.7. The number of hydrogen-bond acceptors (Lipinski definition) is 4. The predicted molar refractivity (Wildman–Crippen MR) is 73.5 cm³/mol. The van der Waals surface area contributed by atoms with Crippen LogP contribution in [-0.2, 0) is 0 Å². The summed E-state index contributed by atoms with van der Waals surface area (Å²) in [4.78, 5) is 12.8. The van der Waals surface area contributed by atoms with Crippen molar-refractivity contribution in [1.82, 2.24) is 19.8 Å². The summed E-state index contributed by atoms with van der Waals surface area (Å²) in [7, 11) is 0. The summed E-state index contributed by atoms with van der Waals surface area (Å²) in [6.07, 6.45) is 0. The van der Waals surface area contributed by atoms with Crippen LogP contribution in [0.5, 0.6) is 0 Å². The van der Waals surface area contributed by atoms with Gasteiger partial charge in [-0.2, -0.15) is 0 Å². The maximum absolute atomic E-state index is 5.97. The molecule has 5 nitrogen and oxygen atoms in total. The summed E-state index contributed by atoms with van der Waals surface area (Å²) in [5.41, 5.74) is 8.25. The van der Waals surface area contributed by atoms with Gasteiger partial charge in [-0.25, -0.2) is 4.98 Å². The van der Waals surface area contributed by atoms with Crippen LogP contribution in [0.3, 0.4) is 0 Å². The standard InChI is InChI=1S/C13H25N5/c1-4-17-5-7-18(8-6-17)12(9-14)13-10(2)15-11(3)16-13/h12H,4-9,14H2,1-3H3,(H,15,16). The lowest BCUT2D eigenvalue weighted by Gasteiger charge is -2.38. The van der Waals surface area contributed by atoms with E-state index < -0.39 is 0 Å². The quantitative estimate of drug-likeness (QED) is 0.825. The Balaban J connectivity index is 2.08. The van der Waals surface area contributed by atoms with E-state index in [1.807, 2.05) is 6.92 Å². The summed E-state index contributed by atoms with van der Waals surface area (Å²) in [6, 6.07) is 0.258. The van der Waals surface area contributed by atoms with Crippen LogP contribution < -0.4 is 5.73 Å². The Morgan fingerprint density at radius 1 is 1.28 bits per heavy atom. The predicted octanol–water partition coefficient (Wildman–Crippen LogP) is 0.664. The minimum absolute atomic E-state index is 0.258. The highest BCUT2D eigenvalue weighted by Gasteiger charge is 2.26. The van der Waals surface area contributed by atoms with Crippen molar-refractivity contribution < 1.29 is 0 Å². The van der Waals surface area contributed by atoms with E-state index in [2.05, 4.69) is 33.6 Å². The maximum atomic E-state index is 5.97. The highest BCUT2D eigenvalue weighted by Crippen LogP contribution is 2.22. The molecule has 5 heteroatoms. The summed E-state index contributed by atoms with van der Waals surface area (Å²) in [5, 5.41) is 0. The number of nitrogens with zero attached hydrogens (tertiary/aromatic N) is 3. The van der Waals surface area contributed by atoms with E-state index in [4.69, 9.17) is 5.73 Å². The van der Waals surface area contributed by atoms with Crippen molar-refractivity contribution in [1.29, 1.82) is 0 Å². The highest BCUT2D eigenvalue weighted by molar-refractivity contribution is 5.17. The Hall–Kier alpha value is -0.910. The second kappa shape index (κ2) is 5.82. The molecule has 0 saturated carbocycles. The van der Waals surface area contributed by atoms with E-state index in [1.165, 1.54) is 0 Å². The summed E-state index contributed by atoms with van der Waals surface area (Å²) in [5.74, 6) is 0.980. The molecule has 1 unspecified atom stereocenters. The molecule has 1 saturated heterocycles. The second-order valence-corrected chi connectivity index (χ2v) is 5.05. The fourth-order valence-electron chi connectivity index (χ4n) is 2.78. The molecule has 1 aromatic heterocycles. The van der Waals surface area contributed by atoms with Gasteiger partial charge in [-0.15, -0.1) is 0 Å². The lowest BCUT2D eigenvalue weighted by Crippen LogP contribution is -2.49. The molecule has 1 atom stereocenters.